The highest BCUT2D eigenvalue weighted by molar-refractivity contribution is 6.31. The Kier molecular flexibility index (Phi) is 4.34. The Morgan fingerprint density at radius 3 is 2.43 bits per heavy atom. The Bertz CT molecular complexity index is 790. The summed E-state index contributed by atoms with van der Waals surface area (Å²) in [5.41, 5.74) is 0.664. The molecule has 7 heteroatoms. The minimum atomic E-state index is -0.495. The summed E-state index contributed by atoms with van der Waals surface area (Å²) in [5.74, 6) is 0. The molecule has 0 aliphatic carbocycles. The number of halogens is 1. The first-order chi connectivity index (χ1) is 11.1. The second-order valence-electron chi connectivity index (χ2n) is 5.46. The van der Waals surface area contributed by atoms with Gasteiger partial charge in [-0.1, -0.05) is 29.8 Å². The van der Waals surface area contributed by atoms with Crippen LogP contribution >= 0.6 is 11.6 Å². The molecule has 0 bridgehead atoms. The highest BCUT2D eigenvalue weighted by Gasteiger charge is 2.28. The lowest BCUT2D eigenvalue weighted by molar-refractivity contribution is -0.118. The summed E-state index contributed by atoms with van der Waals surface area (Å²) in [6.45, 7) is 2.57. The van der Waals surface area contributed by atoms with Gasteiger partial charge in [0.25, 0.3) is 10.9 Å². The third-order valence-electron chi connectivity index (χ3n) is 4.08. The fourth-order valence-corrected chi connectivity index (χ4v) is 2.92. The predicted molar refractivity (Wildman–Crippen MR) is 90.0 cm³/mol. The average Bonchev–Trinajstić information content (AvgIpc) is 2.59. The quantitative estimate of drug-likeness (QED) is 0.648. The number of anilines is 2. The third kappa shape index (κ3) is 2.94. The molecule has 6 nitrogen and oxygen atoms in total. The summed E-state index contributed by atoms with van der Waals surface area (Å²) in [6, 6.07) is 7.34. The van der Waals surface area contributed by atoms with E-state index in [2.05, 4.69) is 5.32 Å². The summed E-state index contributed by atoms with van der Waals surface area (Å²) >= 11 is 6.09. The van der Waals surface area contributed by atoms with Crippen molar-refractivity contribution in [1.82, 2.24) is 4.90 Å². The molecule has 120 valence electrons. The van der Waals surface area contributed by atoms with Crippen molar-refractivity contribution < 1.29 is 4.79 Å². The molecule has 0 spiro atoms. The zero-order valence-electron chi connectivity index (χ0n) is 12.4. The van der Waals surface area contributed by atoms with E-state index >= 15 is 0 Å². The van der Waals surface area contributed by atoms with Crippen LogP contribution in [-0.4, -0.2) is 37.5 Å². The van der Waals surface area contributed by atoms with Gasteiger partial charge in [0.1, 0.15) is 11.4 Å². The van der Waals surface area contributed by atoms with Crippen LogP contribution in [0.5, 0.6) is 0 Å². The lowest BCUT2D eigenvalue weighted by Gasteiger charge is -2.35. The van der Waals surface area contributed by atoms with Crippen LogP contribution in [-0.2, 0) is 11.3 Å². The number of carbonyl (C=O) groups is 1. The van der Waals surface area contributed by atoms with E-state index in [1.54, 1.807) is 11.0 Å². The van der Waals surface area contributed by atoms with Crippen molar-refractivity contribution in [3.8, 4) is 0 Å². The zero-order valence-corrected chi connectivity index (χ0v) is 13.2. The van der Waals surface area contributed by atoms with Crippen molar-refractivity contribution in [2.75, 3.05) is 36.4 Å². The fourth-order valence-electron chi connectivity index (χ4n) is 2.72. The molecule has 1 fully saturated rings. The molecule has 0 saturated carbocycles. The molecule has 0 radical (unpaired) electrons. The van der Waals surface area contributed by atoms with Gasteiger partial charge in [-0.05, 0) is 11.6 Å². The smallest absolute Gasteiger partial charge is 0.253 e. The van der Waals surface area contributed by atoms with Gasteiger partial charge in [0, 0.05) is 37.7 Å². The first-order valence-electron chi connectivity index (χ1n) is 7.36. The van der Waals surface area contributed by atoms with Crippen LogP contribution in [0.25, 0.3) is 0 Å². The normalized spacial score (nSPS) is 15.0. The molecule has 1 aliphatic heterocycles. The topological polar surface area (TPSA) is 69.7 Å². The van der Waals surface area contributed by atoms with Crippen molar-refractivity contribution in [2.24, 2.45) is 0 Å². The predicted octanol–water partition coefficient (Wildman–Crippen LogP) is 0.827. The SMILES string of the molecule is O=CN1CCN(c2c(NCc3ccccc3Cl)c(=O)c2=O)CC1. The van der Waals surface area contributed by atoms with Crippen LogP contribution in [0.4, 0.5) is 11.4 Å². The van der Waals surface area contributed by atoms with E-state index < -0.39 is 10.9 Å². The lowest BCUT2D eigenvalue weighted by Crippen LogP contribution is -2.51. The van der Waals surface area contributed by atoms with Gasteiger partial charge in [-0.3, -0.25) is 14.4 Å². The minimum Gasteiger partial charge on any atom is -0.376 e. The molecular weight excluding hydrogens is 318 g/mol. The fraction of sp³-hybridized carbons (Fsp3) is 0.312. The van der Waals surface area contributed by atoms with Crippen molar-refractivity contribution >= 4 is 29.4 Å². The zero-order chi connectivity index (χ0) is 16.4. The molecule has 1 aliphatic rings. The van der Waals surface area contributed by atoms with Gasteiger partial charge in [-0.25, -0.2) is 0 Å². The van der Waals surface area contributed by atoms with Gasteiger partial charge >= 0.3 is 0 Å². The van der Waals surface area contributed by atoms with E-state index in [1.807, 2.05) is 23.1 Å². The lowest BCUT2D eigenvalue weighted by atomic mass is 10.1. The third-order valence-corrected chi connectivity index (χ3v) is 4.45. The number of benzene rings is 1. The molecule has 1 heterocycles. The summed E-state index contributed by atoms with van der Waals surface area (Å²) in [6.07, 6.45) is 0.802. The number of carbonyl (C=O) groups excluding carboxylic acids is 1. The van der Waals surface area contributed by atoms with Gasteiger partial charge in [-0.2, -0.15) is 0 Å². The second kappa shape index (κ2) is 6.42. The van der Waals surface area contributed by atoms with Gasteiger partial charge < -0.3 is 15.1 Å². The summed E-state index contributed by atoms with van der Waals surface area (Å²) in [7, 11) is 0. The van der Waals surface area contributed by atoms with E-state index in [-0.39, 0.29) is 0 Å². The number of nitrogens with one attached hydrogen (secondary N) is 1. The maximum absolute atomic E-state index is 11.9. The molecule has 23 heavy (non-hydrogen) atoms. The van der Waals surface area contributed by atoms with Crippen LogP contribution < -0.4 is 21.1 Å². The Morgan fingerprint density at radius 1 is 1.09 bits per heavy atom. The van der Waals surface area contributed by atoms with E-state index in [4.69, 9.17) is 11.6 Å². The van der Waals surface area contributed by atoms with Crippen LogP contribution in [0.2, 0.25) is 5.02 Å². The van der Waals surface area contributed by atoms with Gasteiger partial charge in [0.2, 0.25) is 6.41 Å². The van der Waals surface area contributed by atoms with Crippen LogP contribution in [0.3, 0.4) is 0 Å². The van der Waals surface area contributed by atoms with E-state index in [9.17, 15) is 14.4 Å². The van der Waals surface area contributed by atoms with Crippen molar-refractivity contribution in [2.45, 2.75) is 6.54 Å². The molecule has 0 aromatic heterocycles. The molecule has 0 atom stereocenters. The molecular formula is C16H16ClN3O3. The number of piperazine rings is 1. The minimum absolute atomic E-state index is 0.342. The van der Waals surface area contributed by atoms with Crippen LogP contribution in [0, 0.1) is 0 Å². The highest BCUT2D eigenvalue weighted by atomic mass is 35.5. The number of amides is 1. The molecule has 1 amide bonds. The Morgan fingerprint density at radius 2 is 1.78 bits per heavy atom. The van der Waals surface area contributed by atoms with Crippen molar-refractivity contribution in [1.29, 1.82) is 0 Å². The average molecular weight is 334 g/mol. The van der Waals surface area contributed by atoms with E-state index in [1.165, 1.54) is 0 Å². The number of nitrogens with zero attached hydrogens (tertiary/aromatic N) is 2. The van der Waals surface area contributed by atoms with Gasteiger partial charge in [0.15, 0.2) is 0 Å². The second-order valence-corrected chi connectivity index (χ2v) is 5.86. The number of hydrogen-bond donors (Lipinski definition) is 1. The maximum atomic E-state index is 11.9. The van der Waals surface area contributed by atoms with E-state index in [0.717, 1.165) is 12.0 Å². The molecule has 2 aromatic rings. The van der Waals surface area contributed by atoms with E-state index in [0.29, 0.717) is 49.1 Å². The summed E-state index contributed by atoms with van der Waals surface area (Å²) in [5, 5.41) is 3.64. The monoisotopic (exact) mass is 333 g/mol. The summed E-state index contributed by atoms with van der Waals surface area (Å²) < 4.78 is 0. The van der Waals surface area contributed by atoms with Gasteiger partial charge in [0.05, 0.1) is 0 Å². The Hall–Kier alpha value is -2.34. The summed E-state index contributed by atoms with van der Waals surface area (Å²) in [4.78, 5) is 38.0. The molecule has 0 unspecified atom stereocenters. The molecule has 1 saturated heterocycles. The molecule has 2 aromatic carbocycles. The van der Waals surface area contributed by atoms with Crippen molar-refractivity contribution in [3.05, 3.63) is 55.3 Å². The van der Waals surface area contributed by atoms with Gasteiger partial charge in [-0.15, -0.1) is 0 Å². The largest absolute Gasteiger partial charge is 0.376 e. The Balaban J connectivity index is 1.73. The van der Waals surface area contributed by atoms with Crippen molar-refractivity contribution in [3.63, 3.8) is 0 Å². The Labute approximate surface area is 138 Å². The van der Waals surface area contributed by atoms with Crippen LogP contribution in [0.1, 0.15) is 5.56 Å². The first-order valence-corrected chi connectivity index (χ1v) is 7.74. The van der Waals surface area contributed by atoms with Crippen LogP contribution in [0.15, 0.2) is 33.9 Å². The number of rotatable bonds is 5. The first kappa shape index (κ1) is 15.6. The highest BCUT2D eigenvalue weighted by Crippen LogP contribution is 2.23. The number of hydrogen-bond acceptors (Lipinski definition) is 5. The maximum Gasteiger partial charge on any atom is 0.253 e. The molecule has 1 N–H and O–H groups in total. The molecule has 3 rings (SSSR count). The standard InChI is InChI=1S/C16H16ClN3O3/c17-12-4-2-1-3-11(12)9-18-13-14(16(23)15(13)22)20-7-5-19(10-21)6-8-20/h1-4,10,18H,5-9H2.